The number of hydrogen-bond acceptors (Lipinski definition) is 2. The van der Waals surface area contributed by atoms with Crippen molar-refractivity contribution in [3.63, 3.8) is 0 Å². The van der Waals surface area contributed by atoms with Crippen LogP contribution in [0.5, 0.6) is 0 Å². The average molecular weight is 213 g/mol. The second-order valence-electron chi connectivity index (χ2n) is 5.63. The summed E-state index contributed by atoms with van der Waals surface area (Å²) in [5.41, 5.74) is 0.182. The quantitative estimate of drug-likeness (QED) is 0.735. The van der Waals surface area contributed by atoms with Gasteiger partial charge in [0.2, 0.25) is 0 Å². The van der Waals surface area contributed by atoms with Gasteiger partial charge in [-0.1, -0.05) is 33.1 Å². The van der Waals surface area contributed by atoms with E-state index in [2.05, 4.69) is 26.1 Å². The highest BCUT2D eigenvalue weighted by atomic mass is 16.3. The van der Waals surface area contributed by atoms with E-state index in [0.717, 1.165) is 6.54 Å². The first-order valence-electron chi connectivity index (χ1n) is 6.44. The summed E-state index contributed by atoms with van der Waals surface area (Å²) in [5.74, 6) is 0.671. The fourth-order valence-electron chi connectivity index (χ4n) is 2.31. The predicted octanol–water partition coefficient (Wildman–Crippen LogP) is 2.56. The minimum Gasteiger partial charge on any atom is -0.396 e. The Kier molecular flexibility index (Phi) is 5.07. The molecule has 1 aliphatic carbocycles. The Morgan fingerprint density at radius 1 is 1.13 bits per heavy atom. The van der Waals surface area contributed by atoms with Crippen LogP contribution in [0.25, 0.3) is 0 Å². The second-order valence-corrected chi connectivity index (χ2v) is 5.63. The molecule has 0 heterocycles. The molecule has 1 atom stereocenters. The lowest BCUT2D eigenvalue weighted by Crippen LogP contribution is -2.43. The lowest BCUT2D eigenvalue weighted by molar-refractivity contribution is 0.0772. The van der Waals surface area contributed by atoms with Crippen molar-refractivity contribution < 1.29 is 5.11 Å². The highest BCUT2D eigenvalue weighted by Crippen LogP contribution is 2.35. The summed E-state index contributed by atoms with van der Waals surface area (Å²) in [7, 11) is 0. The first kappa shape index (κ1) is 13.0. The van der Waals surface area contributed by atoms with Crippen molar-refractivity contribution in [3.8, 4) is 0 Å². The van der Waals surface area contributed by atoms with Crippen molar-refractivity contribution in [1.82, 2.24) is 5.32 Å². The zero-order valence-electron chi connectivity index (χ0n) is 10.6. The summed E-state index contributed by atoms with van der Waals surface area (Å²) in [6, 6.07) is 0.551. The third kappa shape index (κ3) is 3.76. The third-order valence-corrected chi connectivity index (χ3v) is 4.05. The number of nitrogens with one attached hydrogen (secondary N) is 1. The molecule has 1 unspecified atom stereocenters. The minimum atomic E-state index is 0.182. The van der Waals surface area contributed by atoms with Gasteiger partial charge in [0.1, 0.15) is 0 Å². The second kappa shape index (κ2) is 5.86. The normalized spacial score (nSPS) is 23.0. The highest BCUT2D eigenvalue weighted by molar-refractivity contribution is 4.85. The summed E-state index contributed by atoms with van der Waals surface area (Å²) in [5, 5.41) is 13.1. The molecule has 0 amide bonds. The molecule has 1 rings (SSSR count). The molecule has 0 aliphatic heterocycles. The van der Waals surface area contributed by atoms with Crippen molar-refractivity contribution >= 4 is 0 Å². The Hall–Kier alpha value is -0.0800. The van der Waals surface area contributed by atoms with Crippen molar-refractivity contribution in [2.45, 2.75) is 58.9 Å². The summed E-state index contributed by atoms with van der Waals surface area (Å²) in [4.78, 5) is 0. The van der Waals surface area contributed by atoms with Crippen LogP contribution in [-0.4, -0.2) is 24.3 Å². The lowest BCUT2D eigenvalue weighted by atomic mass is 9.74. The van der Waals surface area contributed by atoms with Gasteiger partial charge in [-0.25, -0.2) is 0 Å². The van der Waals surface area contributed by atoms with Crippen LogP contribution in [0.4, 0.5) is 0 Å². The van der Waals surface area contributed by atoms with Crippen LogP contribution in [0.2, 0.25) is 0 Å². The van der Waals surface area contributed by atoms with E-state index in [1.54, 1.807) is 0 Å². The summed E-state index contributed by atoms with van der Waals surface area (Å²) < 4.78 is 0. The Bertz CT molecular complexity index is 173. The molecule has 1 aliphatic rings. The zero-order chi connectivity index (χ0) is 11.3. The van der Waals surface area contributed by atoms with Gasteiger partial charge in [-0.15, -0.1) is 0 Å². The van der Waals surface area contributed by atoms with Gasteiger partial charge in [0.25, 0.3) is 0 Å². The van der Waals surface area contributed by atoms with Crippen LogP contribution in [0.3, 0.4) is 0 Å². The number of aliphatic hydroxyl groups is 1. The van der Waals surface area contributed by atoms with Crippen LogP contribution in [0.15, 0.2) is 0 Å². The van der Waals surface area contributed by atoms with E-state index in [0.29, 0.717) is 18.6 Å². The molecule has 2 heteroatoms. The molecule has 2 N–H and O–H groups in total. The molecular formula is C13H27NO. The molecule has 0 radical (unpaired) electrons. The molecule has 0 bridgehead atoms. The lowest BCUT2D eigenvalue weighted by Gasteiger charge is -2.37. The fourth-order valence-corrected chi connectivity index (χ4v) is 2.31. The molecule has 0 aromatic heterocycles. The molecule has 90 valence electrons. The largest absolute Gasteiger partial charge is 0.396 e. The van der Waals surface area contributed by atoms with Crippen molar-refractivity contribution in [1.29, 1.82) is 0 Å². The highest BCUT2D eigenvalue weighted by Gasteiger charge is 2.31. The molecule has 1 fully saturated rings. The van der Waals surface area contributed by atoms with Crippen molar-refractivity contribution in [3.05, 3.63) is 0 Å². The number of hydrogen-bond donors (Lipinski definition) is 2. The van der Waals surface area contributed by atoms with Gasteiger partial charge < -0.3 is 10.4 Å². The first-order valence-corrected chi connectivity index (χ1v) is 6.44. The molecule has 2 nitrogen and oxygen atoms in total. The van der Waals surface area contributed by atoms with Crippen LogP contribution >= 0.6 is 0 Å². The standard InChI is InChI=1S/C13H27NO/c1-11(2)12(3)14-9-13(10-15)7-5-4-6-8-13/h11-12,14-15H,4-10H2,1-3H3. The Balaban J connectivity index is 2.38. The molecule has 0 saturated heterocycles. The van der Waals surface area contributed by atoms with Gasteiger partial charge in [0.05, 0.1) is 0 Å². The average Bonchev–Trinajstić information content (AvgIpc) is 2.27. The van der Waals surface area contributed by atoms with Gasteiger partial charge in [0, 0.05) is 24.6 Å². The monoisotopic (exact) mass is 213 g/mol. The van der Waals surface area contributed by atoms with Crippen LogP contribution in [0.1, 0.15) is 52.9 Å². The molecule has 1 saturated carbocycles. The smallest absolute Gasteiger partial charge is 0.0499 e. The maximum atomic E-state index is 9.55. The van der Waals surface area contributed by atoms with Crippen molar-refractivity contribution in [2.75, 3.05) is 13.2 Å². The zero-order valence-corrected chi connectivity index (χ0v) is 10.6. The predicted molar refractivity (Wildman–Crippen MR) is 64.9 cm³/mol. The van der Waals surface area contributed by atoms with Crippen LogP contribution in [-0.2, 0) is 0 Å². The van der Waals surface area contributed by atoms with E-state index >= 15 is 0 Å². The Labute approximate surface area is 94.5 Å². The SMILES string of the molecule is CC(C)C(C)NCC1(CO)CCCCC1. The minimum absolute atomic E-state index is 0.182. The van der Waals surface area contributed by atoms with E-state index in [-0.39, 0.29) is 5.41 Å². The van der Waals surface area contributed by atoms with Gasteiger partial charge in [-0.2, -0.15) is 0 Å². The van der Waals surface area contributed by atoms with E-state index < -0.39 is 0 Å². The van der Waals surface area contributed by atoms with Gasteiger partial charge in [-0.05, 0) is 25.7 Å². The van der Waals surface area contributed by atoms with E-state index in [1.807, 2.05) is 0 Å². The molecule has 0 aromatic carbocycles. The fraction of sp³-hybridized carbons (Fsp3) is 1.00. The maximum Gasteiger partial charge on any atom is 0.0499 e. The van der Waals surface area contributed by atoms with Gasteiger partial charge >= 0.3 is 0 Å². The first-order chi connectivity index (χ1) is 7.09. The Morgan fingerprint density at radius 3 is 2.20 bits per heavy atom. The molecule has 15 heavy (non-hydrogen) atoms. The van der Waals surface area contributed by atoms with E-state index in [4.69, 9.17) is 0 Å². The molecular weight excluding hydrogens is 186 g/mol. The van der Waals surface area contributed by atoms with Gasteiger partial charge in [-0.3, -0.25) is 0 Å². The summed E-state index contributed by atoms with van der Waals surface area (Å²) >= 11 is 0. The van der Waals surface area contributed by atoms with E-state index in [1.165, 1.54) is 32.1 Å². The molecule has 0 aromatic rings. The van der Waals surface area contributed by atoms with Crippen molar-refractivity contribution in [2.24, 2.45) is 11.3 Å². The molecule has 0 spiro atoms. The maximum absolute atomic E-state index is 9.55. The topological polar surface area (TPSA) is 32.3 Å². The summed E-state index contributed by atoms with van der Waals surface area (Å²) in [6.45, 7) is 8.06. The van der Waals surface area contributed by atoms with E-state index in [9.17, 15) is 5.11 Å². The Morgan fingerprint density at radius 2 is 1.73 bits per heavy atom. The van der Waals surface area contributed by atoms with Gasteiger partial charge in [0.15, 0.2) is 0 Å². The number of rotatable bonds is 5. The summed E-state index contributed by atoms with van der Waals surface area (Å²) in [6.07, 6.45) is 6.32. The van der Waals surface area contributed by atoms with Crippen LogP contribution in [0, 0.1) is 11.3 Å². The number of aliphatic hydroxyl groups excluding tert-OH is 1. The van der Waals surface area contributed by atoms with Crippen LogP contribution < -0.4 is 5.32 Å². The third-order valence-electron chi connectivity index (χ3n) is 4.05.